The molecule has 0 atom stereocenters. The smallest absolute Gasteiger partial charge is 0.434 e. The molecule has 0 saturated heterocycles. The maximum Gasteiger partial charge on any atom is 0.434 e. The van der Waals surface area contributed by atoms with Gasteiger partial charge in [0.1, 0.15) is 22.3 Å². The van der Waals surface area contributed by atoms with Crippen LogP contribution in [0, 0.1) is 6.92 Å². The molecule has 0 unspecified atom stereocenters. The van der Waals surface area contributed by atoms with Gasteiger partial charge in [-0.2, -0.15) is 9.98 Å². The second kappa shape index (κ2) is 10.6. The molecule has 32 heavy (non-hydrogen) atoms. The van der Waals surface area contributed by atoms with Crippen molar-refractivity contribution in [3.8, 4) is 22.9 Å². The Morgan fingerprint density at radius 3 is 2.19 bits per heavy atom. The van der Waals surface area contributed by atoms with Crippen molar-refractivity contribution in [2.24, 2.45) is 9.98 Å². The molecule has 10 heteroatoms. The molecular formula is C22H22N4O5S. The number of hydrogen-bond acceptors (Lipinski definition) is 9. The summed E-state index contributed by atoms with van der Waals surface area (Å²) < 4.78 is 20.5. The first kappa shape index (κ1) is 23.0. The number of aromatic nitrogens is 2. The van der Waals surface area contributed by atoms with E-state index in [0.29, 0.717) is 45.2 Å². The van der Waals surface area contributed by atoms with Gasteiger partial charge >= 0.3 is 6.09 Å². The number of carbonyl (C=O) groups excluding carboxylic acids is 1. The van der Waals surface area contributed by atoms with Gasteiger partial charge in [0.15, 0.2) is 0 Å². The number of aliphatic imine (C=N–C) groups is 2. The van der Waals surface area contributed by atoms with Crippen molar-refractivity contribution in [3.05, 3.63) is 53.9 Å². The summed E-state index contributed by atoms with van der Waals surface area (Å²) in [5.74, 6) is 2.13. The number of rotatable bonds is 6. The summed E-state index contributed by atoms with van der Waals surface area (Å²) in [7, 11) is 4.39. The van der Waals surface area contributed by atoms with Crippen molar-refractivity contribution in [2.75, 3.05) is 27.6 Å². The van der Waals surface area contributed by atoms with E-state index >= 15 is 0 Å². The minimum absolute atomic E-state index is 0.380. The summed E-state index contributed by atoms with van der Waals surface area (Å²) in [6, 6.07) is 12.6. The fourth-order valence-corrected chi connectivity index (χ4v) is 3.26. The lowest BCUT2D eigenvalue weighted by molar-refractivity contribution is 0.183. The number of methoxy groups -OCH3 is 3. The second-order valence-electron chi connectivity index (χ2n) is 6.34. The highest BCUT2D eigenvalue weighted by molar-refractivity contribution is 8.15. The van der Waals surface area contributed by atoms with E-state index in [1.165, 1.54) is 18.9 Å². The fourth-order valence-electron chi connectivity index (χ4n) is 2.73. The molecule has 0 aliphatic heterocycles. The summed E-state index contributed by atoms with van der Waals surface area (Å²) in [6.07, 6.45) is 1.08. The first-order chi connectivity index (χ1) is 15.5. The molecule has 1 amide bonds. The van der Waals surface area contributed by atoms with Gasteiger partial charge < -0.3 is 18.7 Å². The van der Waals surface area contributed by atoms with Gasteiger partial charge in [-0.3, -0.25) is 0 Å². The van der Waals surface area contributed by atoms with E-state index in [1.807, 2.05) is 24.3 Å². The number of carbonyl (C=O) groups is 1. The molecule has 3 rings (SSSR count). The van der Waals surface area contributed by atoms with Crippen LogP contribution in [0.15, 0.2) is 57.0 Å². The molecule has 0 spiro atoms. The summed E-state index contributed by atoms with van der Waals surface area (Å²) in [6.45, 7) is 1.73. The average molecular weight is 455 g/mol. The second-order valence-corrected chi connectivity index (χ2v) is 7.13. The fraction of sp³-hybridized carbons (Fsp3) is 0.227. The maximum absolute atomic E-state index is 11.9. The molecule has 0 aliphatic carbocycles. The summed E-state index contributed by atoms with van der Waals surface area (Å²) in [4.78, 5) is 24.9. The normalized spacial score (nSPS) is 11.9. The predicted octanol–water partition coefficient (Wildman–Crippen LogP) is 4.71. The standard InChI is InChI=1S/C22H22N4O5S/c1-13-23-20(26-31-13)14-6-8-16(9-7-14)24-19(21(32-5)25-22(27)30-4)15-10-17(28-2)12-18(11-15)29-3/h6-12H,1-5H3/b24-19-,25-21-. The molecule has 0 bridgehead atoms. The molecular weight excluding hydrogens is 432 g/mol. The monoisotopic (exact) mass is 454 g/mol. The first-order valence-corrected chi connectivity index (χ1v) is 10.6. The number of ether oxygens (including phenoxy) is 3. The van der Waals surface area contributed by atoms with Crippen LogP contribution in [0.2, 0.25) is 0 Å². The molecule has 0 aliphatic rings. The van der Waals surface area contributed by atoms with Gasteiger partial charge in [0.25, 0.3) is 0 Å². The van der Waals surface area contributed by atoms with Gasteiger partial charge in [0.05, 0.1) is 27.0 Å². The summed E-state index contributed by atoms with van der Waals surface area (Å²) in [5.41, 5.74) is 2.55. The van der Waals surface area contributed by atoms with E-state index in [4.69, 9.17) is 23.7 Å². The van der Waals surface area contributed by atoms with Crippen LogP contribution in [0.4, 0.5) is 10.5 Å². The number of aryl methyl sites for hydroxylation is 1. The Morgan fingerprint density at radius 1 is 1.03 bits per heavy atom. The largest absolute Gasteiger partial charge is 0.497 e. The Labute approximate surface area is 189 Å². The number of hydrogen-bond donors (Lipinski definition) is 0. The third-order valence-corrected chi connectivity index (χ3v) is 4.95. The number of benzene rings is 2. The molecule has 0 N–H and O–H groups in total. The highest BCUT2D eigenvalue weighted by atomic mass is 32.2. The minimum atomic E-state index is -0.722. The molecule has 9 nitrogen and oxygen atoms in total. The summed E-state index contributed by atoms with van der Waals surface area (Å²) >= 11 is 1.27. The molecule has 3 aromatic rings. The van der Waals surface area contributed by atoms with Crippen molar-refractivity contribution < 1.29 is 23.5 Å². The third-order valence-electron chi connectivity index (χ3n) is 4.28. The number of amides is 1. The Hall–Kier alpha value is -3.66. The van der Waals surface area contributed by atoms with Crippen LogP contribution in [-0.2, 0) is 4.74 Å². The van der Waals surface area contributed by atoms with E-state index in [2.05, 4.69) is 15.1 Å². The molecule has 0 saturated carbocycles. The van der Waals surface area contributed by atoms with Crippen molar-refractivity contribution in [1.82, 2.24) is 10.1 Å². The zero-order valence-corrected chi connectivity index (χ0v) is 19.1. The van der Waals surface area contributed by atoms with Gasteiger partial charge in [-0.15, -0.1) is 11.8 Å². The topological polar surface area (TPSA) is 108 Å². The minimum Gasteiger partial charge on any atom is -0.497 e. The van der Waals surface area contributed by atoms with Gasteiger partial charge in [-0.25, -0.2) is 9.79 Å². The first-order valence-electron chi connectivity index (χ1n) is 9.41. The molecule has 0 radical (unpaired) electrons. The van der Waals surface area contributed by atoms with Gasteiger partial charge in [0.2, 0.25) is 11.7 Å². The van der Waals surface area contributed by atoms with Crippen LogP contribution in [0.1, 0.15) is 11.5 Å². The van der Waals surface area contributed by atoms with Crippen LogP contribution in [-0.4, -0.2) is 54.6 Å². The van der Waals surface area contributed by atoms with Crippen LogP contribution >= 0.6 is 11.8 Å². The highest BCUT2D eigenvalue weighted by Crippen LogP contribution is 2.27. The maximum atomic E-state index is 11.9. The number of thioether (sulfide) groups is 1. The van der Waals surface area contributed by atoms with E-state index in [0.717, 1.165) is 5.56 Å². The zero-order valence-electron chi connectivity index (χ0n) is 18.3. The molecule has 1 aromatic heterocycles. The van der Waals surface area contributed by atoms with Gasteiger partial charge in [-0.1, -0.05) is 5.16 Å². The Bertz CT molecular complexity index is 1130. The number of nitrogens with zero attached hydrogens (tertiary/aromatic N) is 4. The Morgan fingerprint density at radius 2 is 1.69 bits per heavy atom. The van der Waals surface area contributed by atoms with Gasteiger partial charge in [-0.05, 0) is 42.7 Å². The molecule has 0 fully saturated rings. The van der Waals surface area contributed by atoms with Crippen LogP contribution in [0.5, 0.6) is 11.5 Å². The third kappa shape index (κ3) is 5.52. The highest BCUT2D eigenvalue weighted by Gasteiger charge is 2.17. The van der Waals surface area contributed by atoms with Crippen molar-refractivity contribution in [1.29, 1.82) is 0 Å². The molecule has 1 heterocycles. The van der Waals surface area contributed by atoms with E-state index in [9.17, 15) is 4.79 Å². The van der Waals surface area contributed by atoms with Crippen LogP contribution < -0.4 is 9.47 Å². The lowest BCUT2D eigenvalue weighted by Crippen LogP contribution is -2.15. The predicted molar refractivity (Wildman–Crippen MR) is 124 cm³/mol. The van der Waals surface area contributed by atoms with Crippen molar-refractivity contribution in [2.45, 2.75) is 6.92 Å². The van der Waals surface area contributed by atoms with Crippen LogP contribution in [0.3, 0.4) is 0 Å². The van der Waals surface area contributed by atoms with E-state index in [-0.39, 0.29) is 0 Å². The zero-order chi connectivity index (χ0) is 23.1. The van der Waals surface area contributed by atoms with Crippen molar-refractivity contribution >= 4 is 34.3 Å². The lowest BCUT2D eigenvalue weighted by atomic mass is 10.1. The SMILES string of the molecule is COC(=O)/N=C(SC)/C(=N\c1ccc(-c2noc(C)n2)cc1)c1cc(OC)cc(OC)c1. The Balaban J connectivity index is 2.11. The van der Waals surface area contributed by atoms with Crippen molar-refractivity contribution in [3.63, 3.8) is 0 Å². The summed E-state index contributed by atoms with van der Waals surface area (Å²) in [5, 5.41) is 4.30. The Kier molecular flexibility index (Phi) is 7.61. The van der Waals surface area contributed by atoms with Gasteiger partial charge in [0, 0.05) is 24.1 Å². The average Bonchev–Trinajstić information content (AvgIpc) is 3.27. The quantitative estimate of drug-likeness (QED) is 0.389. The molecule has 166 valence electrons. The van der Waals surface area contributed by atoms with E-state index < -0.39 is 6.09 Å². The lowest BCUT2D eigenvalue weighted by Gasteiger charge is -2.12. The van der Waals surface area contributed by atoms with Crippen LogP contribution in [0.25, 0.3) is 11.4 Å². The molecule has 2 aromatic carbocycles. The van der Waals surface area contributed by atoms with E-state index in [1.54, 1.807) is 45.6 Å².